The van der Waals surface area contributed by atoms with E-state index in [4.69, 9.17) is 4.74 Å². The SMILES string of the molecule is O=C(c1ccc(-c2ccc(OCC3CCN(CC4(C(F)(F)F)CCC4)CC3)cc2)cc1F)N1CCC[C@@H](O)C1. The first-order chi connectivity index (χ1) is 18.6. The second-order valence-corrected chi connectivity index (χ2v) is 11.4. The molecule has 9 heteroatoms. The van der Waals surface area contributed by atoms with Gasteiger partial charge in [0.1, 0.15) is 11.6 Å². The van der Waals surface area contributed by atoms with Crippen LogP contribution in [0.4, 0.5) is 17.6 Å². The van der Waals surface area contributed by atoms with Crippen molar-refractivity contribution in [1.29, 1.82) is 0 Å². The molecule has 1 N–H and O–H groups in total. The van der Waals surface area contributed by atoms with Crippen LogP contribution in [0.2, 0.25) is 0 Å². The predicted octanol–water partition coefficient (Wildman–Crippen LogP) is 5.91. The molecule has 0 unspecified atom stereocenters. The highest BCUT2D eigenvalue weighted by Gasteiger charge is 2.58. The van der Waals surface area contributed by atoms with Crippen LogP contribution in [0.1, 0.15) is 55.3 Å². The highest BCUT2D eigenvalue weighted by atomic mass is 19.4. The second kappa shape index (κ2) is 11.5. The lowest BCUT2D eigenvalue weighted by molar-refractivity contribution is -0.256. The molecule has 5 rings (SSSR count). The zero-order chi connectivity index (χ0) is 27.6. The van der Waals surface area contributed by atoms with E-state index in [0.717, 1.165) is 18.4 Å². The molecule has 1 saturated carbocycles. The molecule has 212 valence electrons. The molecule has 0 spiro atoms. The number of alkyl halides is 3. The van der Waals surface area contributed by atoms with Gasteiger partial charge in [0.2, 0.25) is 0 Å². The molecule has 3 aliphatic rings. The van der Waals surface area contributed by atoms with E-state index in [0.29, 0.717) is 62.7 Å². The molecule has 1 amide bonds. The van der Waals surface area contributed by atoms with Crippen LogP contribution in [-0.4, -0.2) is 72.4 Å². The van der Waals surface area contributed by atoms with Crippen molar-refractivity contribution in [2.75, 3.05) is 39.3 Å². The predicted molar refractivity (Wildman–Crippen MR) is 140 cm³/mol. The van der Waals surface area contributed by atoms with E-state index < -0.39 is 29.4 Å². The minimum Gasteiger partial charge on any atom is -0.493 e. The Morgan fingerprint density at radius 2 is 1.67 bits per heavy atom. The van der Waals surface area contributed by atoms with Gasteiger partial charge in [-0.1, -0.05) is 24.6 Å². The van der Waals surface area contributed by atoms with Gasteiger partial charge in [0, 0.05) is 19.6 Å². The molecule has 2 heterocycles. The van der Waals surface area contributed by atoms with Gasteiger partial charge < -0.3 is 19.6 Å². The third-order valence-corrected chi connectivity index (χ3v) is 8.70. The lowest BCUT2D eigenvalue weighted by Crippen LogP contribution is -2.53. The van der Waals surface area contributed by atoms with E-state index in [9.17, 15) is 27.5 Å². The van der Waals surface area contributed by atoms with Gasteiger partial charge in [0.05, 0.1) is 23.7 Å². The summed E-state index contributed by atoms with van der Waals surface area (Å²) in [5, 5.41) is 9.82. The molecule has 1 atom stereocenters. The Bertz CT molecular complexity index is 1140. The summed E-state index contributed by atoms with van der Waals surface area (Å²) >= 11 is 0. The number of hydrogen-bond acceptors (Lipinski definition) is 4. The number of β-amino-alcohol motifs (C(OH)–C–C–N with tert-alkyl or cyclic N) is 1. The van der Waals surface area contributed by atoms with Crippen LogP contribution < -0.4 is 4.74 Å². The number of aliphatic hydroxyl groups excluding tert-OH is 1. The van der Waals surface area contributed by atoms with E-state index in [1.807, 2.05) is 29.2 Å². The van der Waals surface area contributed by atoms with Gasteiger partial charge in [-0.2, -0.15) is 13.2 Å². The Morgan fingerprint density at radius 3 is 2.26 bits per heavy atom. The van der Waals surface area contributed by atoms with Crippen LogP contribution in [0.25, 0.3) is 11.1 Å². The molecule has 5 nitrogen and oxygen atoms in total. The fourth-order valence-electron chi connectivity index (χ4n) is 6.01. The van der Waals surface area contributed by atoms with Gasteiger partial charge in [-0.15, -0.1) is 0 Å². The molecule has 0 bridgehead atoms. The number of rotatable bonds is 7. The lowest BCUT2D eigenvalue weighted by atomic mass is 9.67. The quantitative estimate of drug-likeness (QED) is 0.437. The third-order valence-electron chi connectivity index (χ3n) is 8.70. The molecule has 39 heavy (non-hydrogen) atoms. The van der Waals surface area contributed by atoms with Gasteiger partial charge in [-0.25, -0.2) is 4.39 Å². The topological polar surface area (TPSA) is 53.0 Å². The van der Waals surface area contributed by atoms with Crippen LogP contribution in [-0.2, 0) is 0 Å². The van der Waals surface area contributed by atoms with Crippen LogP contribution in [0.5, 0.6) is 5.75 Å². The van der Waals surface area contributed by atoms with E-state index in [1.54, 1.807) is 6.07 Å². The van der Waals surface area contributed by atoms with Crippen molar-refractivity contribution in [3.8, 4) is 16.9 Å². The van der Waals surface area contributed by atoms with Gasteiger partial charge in [0.25, 0.3) is 5.91 Å². The first-order valence-corrected chi connectivity index (χ1v) is 13.9. The van der Waals surface area contributed by atoms with Crippen molar-refractivity contribution >= 4 is 5.91 Å². The summed E-state index contributed by atoms with van der Waals surface area (Å²) in [6.07, 6.45) is -0.574. The van der Waals surface area contributed by atoms with E-state index >= 15 is 0 Å². The highest BCUT2D eigenvalue weighted by Crippen LogP contribution is 2.53. The fraction of sp³-hybridized carbons (Fsp3) is 0.567. The standard InChI is InChI=1S/C30H36F4N2O3/c31-27-17-23(6-9-26(27)28(38)36-14-1-3-24(37)18-36)22-4-7-25(8-5-22)39-19-21-10-15-35(16-11-21)20-29(12-2-13-29)30(32,33)34/h4-9,17,21,24,37H,1-3,10-16,18-20H2/t24-/m1/s1. The normalized spacial score (nSPS) is 22.4. The maximum Gasteiger partial charge on any atom is 0.395 e. The van der Waals surface area contributed by atoms with Crippen molar-refractivity contribution in [3.05, 3.63) is 53.8 Å². The number of benzene rings is 2. The molecular formula is C30H36F4N2O3. The Kier molecular flexibility index (Phi) is 8.19. The monoisotopic (exact) mass is 548 g/mol. The molecule has 1 aliphatic carbocycles. The van der Waals surface area contributed by atoms with Crippen molar-refractivity contribution in [3.63, 3.8) is 0 Å². The maximum absolute atomic E-state index is 14.9. The largest absolute Gasteiger partial charge is 0.493 e. The number of aliphatic hydroxyl groups is 1. The Labute approximate surface area is 226 Å². The molecule has 2 aliphatic heterocycles. The van der Waals surface area contributed by atoms with Crippen molar-refractivity contribution < 1.29 is 32.2 Å². The molecule has 0 radical (unpaired) electrons. The number of carbonyl (C=O) groups excluding carboxylic acids is 1. The van der Waals surface area contributed by atoms with Crippen molar-refractivity contribution in [2.45, 2.75) is 57.2 Å². The summed E-state index contributed by atoms with van der Waals surface area (Å²) in [6.45, 7) is 2.67. The van der Waals surface area contributed by atoms with Gasteiger partial charge in [-0.3, -0.25) is 4.79 Å². The number of nitrogens with zero attached hydrogens (tertiary/aromatic N) is 2. The van der Waals surface area contributed by atoms with Crippen molar-refractivity contribution in [1.82, 2.24) is 9.80 Å². The molecule has 0 aromatic heterocycles. The summed E-state index contributed by atoms with van der Waals surface area (Å²) in [6, 6.07) is 11.9. The Hall–Kier alpha value is -2.65. The highest BCUT2D eigenvalue weighted by molar-refractivity contribution is 5.95. The fourth-order valence-corrected chi connectivity index (χ4v) is 6.01. The van der Waals surface area contributed by atoms with E-state index in [1.165, 1.54) is 17.0 Å². The van der Waals surface area contributed by atoms with Crippen LogP contribution >= 0.6 is 0 Å². The number of carbonyl (C=O) groups is 1. The maximum atomic E-state index is 14.9. The van der Waals surface area contributed by atoms with Crippen LogP contribution in [0, 0.1) is 17.2 Å². The first kappa shape index (κ1) is 27.9. The molecule has 3 fully saturated rings. The zero-order valence-electron chi connectivity index (χ0n) is 22.1. The van der Waals surface area contributed by atoms with E-state index in [-0.39, 0.29) is 31.5 Å². The number of hydrogen-bond donors (Lipinski definition) is 1. The summed E-state index contributed by atoms with van der Waals surface area (Å²) in [5.74, 6) is -0.0232. The second-order valence-electron chi connectivity index (χ2n) is 11.4. The summed E-state index contributed by atoms with van der Waals surface area (Å²) in [7, 11) is 0. The molecule has 2 saturated heterocycles. The number of ether oxygens (including phenoxy) is 1. The average Bonchev–Trinajstić information content (AvgIpc) is 2.89. The van der Waals surface area contributed by atoms with Crippen molar-refractivity contribution in [2.24, 2.45) is 11.3 Å². The summed E-state index contributed by atoms with van der Waals surface area (Å²) in [5.41, 5.74) is -0.0744. The average molecular weight is 549 g/mol. The minimum absolute atomic E-state index is 0.000105. The molecular weight excluding hydrogens is 512 g/mol. The molecule has 2 aromatic rings. The zero-order valence-corrected chi connectivity index (χ0v) is 22.1. The third kappa shape index (κ3) is 6.24. The summed E-state index contributed by atoms with van der Waals surface area (Å²) in [4.78, 5) is 16.2. The number of amides is 1. The number of piperidine rings is 2. The smallest absolute Gasteiger partial charge is 0.395 e. The lowest BCUT2D eigenvalue weighted by Gasteiger charge is -2.47. The minimum atomic E-state index is -4.12. The Morgan fingerprint density at radius 1 is 0.974 bits per heavy atom. The summed E-state index contributed by atoms with van der Waals surface area (Å²) < 4.78 is 61.3. The number of halogens is 4. The number of likely N-dealkylation sites (tertiary alicyclic amines) is 2. The Balaban J connectivity index is 1.11. The van der Waals surface area contributed by atoms with Gasteiger partial charge in [0.15, 0.2) is 0 Å². The first-order valence-electron chi connectivity index (χ1n) is 13.9. The van der Waals surface area contributed by atoms with Crippen LogP contribution in [0.3, 0.4) is 0 Å². The molecule has 2 aromatic carbocycles. The van der Waals surface area contributed by atoms with Crippen LogP contribution in [0.15, 0.2) is 42.5 Å². The van der Waals surface area contributed by atoms with Gasteiger partial charge >= 0.3 is 6.18 Å². The van der Waals surface area contributed by atoms with E-state index in [2.05, 4.69) is 0 Å². The van der Waals surface area contributed by atoms with Gasteiger partial charge in [-0.05, 0) is 92.9 Å².